The quantitative estimate of drug-likeness (QED) is 0.448. The highest BCUT2D eigenvalue weighted by molar-refractivity contribution is 8.01. The maximum Gasteiger partial charge on any atom is 0.328 e. The zero-order valence-electron chi connectivity index (χ0n) is 17.2. The van der Waals surface area contributed by atoms with E-state index in [0.29, 0.717) is 22.4 Å². The summed E-state index contributed by atoms with van der Waals surface area (Å²) in [5.41, 5.74) is 4.22. The fourth-order valence-corrected chi connectivity index (χ4v) is 5.16. The standard InChI is InChI=1S/C22H22N4O3S2/c1-14-6-5-9-17(10-14)23-21-24-25-22(31-21)30-13-19(27)26-12-16-8-4-3-7-15(16)11-18(26)20(28)29-2/h3-10,18H,11-13H2,1-2H3,(H,23,24)/t18-/m0/s1. The van der Waals surface area contributed by atoms with Crippen LogP contribution in [0.25, 0.3) is 0 Å². The number of esters is 1. The SMILES string of the molecule is COC(=O)[C@@H]1Cc2ccccc2CN1C(=O)CSc1nnc(Nc2cccc(C)c2)s1. The summed E-state index contributed by atoms with van der Waals surface area (Å²) in [6, 6.07) is 15.2. The maximum atomic E-state index is 13.0. The number of benzene rings is 2. The van der Waals surface area contributed by atoms with Crippen LogP contribution in [0.5, 0.6) is 0 Å². The molecule has 0 unspecified atom stereocenters. The molecule has 1 amide bonds. The van der Waals surface area contributed by atoms with Gasteiger partial charge in [-0.25, -0.2) is 4.79 Å². The van der Waals surface area contributed by atoms with E-state index in [1.165, 1.54) is 30.2 Å². The lowest BCUT2D eigenvalue weighted by molar-refractivity contribution is -0.153. The van der Waals surface area contributed by atoms with Crippen LogP contribution >= 0.6 is 23.1 Å². The lowest BCUT2D eigenvalue weighted by Gasteiger charge is -2.35. The van der Waals surface area contributed by atoms with E-state index < -0.39 is 12.0 Å². The van der Waals surface area contributed by atoms with Gasteiger partial charge in [-0.05, 0) is 35.7 Å². The normalized spacial score (nSPS) is 15.3. The van der Waals surface area contributed by atoms with Gasteiger partial charge in [0.1, 0.15) is 6.04 Å². The number of rotatable bonds is 6. The summed E-state index contributed by atoms with van der Waals surface area (Å²) in [7, 11) is 1.35. The molecule has 0 spiro atoms. The molecule has 31 heavy (non-hydrogen) atoms. The first-order chi connectivity index (χ1) is 15.0. The van der Waals surface area contributed by atoms with Crippen LogP contribution in [0.15, 0.2) is 52.9 Å². The lowest BCUT2D eigenvalue weighted by atomic mass is 9.94. The molecule has 1 aliphatic rings. The largest absolute Gasteiger partial charge is 0.467 e. The highest BCUT2D eigenvalue weighted by Crippen LogP contribution is 2.30. The molecule has 160 valence electrons. The third-order valence-electron chi connectivity index (χ3n) is 5.04. The molecule has 0 fully saturated rings. The predicted octanol–water partition coefficient (Wildman–Crippen LogP) is 3.81. The second-order valence-electron chi connectivity index (χ2n) is 7.19. The second-order valence-corrected chi connectivity index (χ2v) is 9.39. The minimum Gasteiger partial charge on any atom is -0.467 e. The van der Waals surface area contributed by atoms with Gasteiger partial charge >= 0.3 is 5.97 Å². The number of hydrogen-bond acceptors (Lipinski definition) is 8. The highest BCUT2D eigenvalue weighted by Gasteiger charge is 2.35. The molecule has 1 aliphatic heterocycles. The van der Waals surface area contributed by atoms with Gasteiger partial charge in [-0.1, -0.05) is 59.5 Å². The fourth-order valence-electron chi connectivity index (χ4n) is 3.50. The van der Waals surface area contributed by atoms with Gasteiger partial charge in [-0.3, -0.25) is 4.79 Å². The number of anilines is 2. The van der Waals surface area contributed by atoms with Gasteiger partial charge < -0.3 is 15.0 Å². The Hall–Kier alpha value is -2.91. The lowest BCUT2D eigenvalue weighted by Crippen LogP contribution is -2.49. The number of carbonyl (C=O) groups is 2. The van der Waals surface area contributed by atoms with E-state index in [1.54, 1.807) is 4.90 Å². The second kappa shape index (κ2) is 9.49. The highest BCUT2D eigenvalue weighted by atomic mass is 32.2. The van der Waals surface area contributed by atoms with Crippen molar-refractivity contribution < 1.29 is 14.3 Å². The average molecular weight is 455 g/mol. The van der Waals surface area contributed by atoms with Crippen molar-refractivity contribution in [1.82, 2.24) is 15.1 Å². The van der Waals surface area contributed by atoms with Crippen molar-refractivity contribution in [3.05, 3.63) is 65.2 Å². The van der Waals surface area contributed by atoms with E-state index >= 15 is 0 Å². The van der Waals surface area contributed by atoms with Gasteiger partial charge in [-0.15, -0.1) is 10.2 Å². The zero-order valence-corrected chi connectivity index (χ0v) is 18.8. The van der Waals surface area contributed by atoms with E-state index in [9.17, 15) is 9.59 Å². The van der Waals surface area contributed by atoms with Crippen LogP contribution in [0.2, 0.25) is 0 Å². The number of aryl methyl sites for hydroxylation is 1. The molecule has 0 saturated heterocycles. The van der Waals surface area contributed by atoms with Crippen LogP contribution < -0.4 is 5.32 Å². The molecule has 0 saturated carbocycles. The molecular formula is C22H22N4O3S2. The zero-order chi connectivity index (χ0) is 21.8. The van der Waals surface area contributed by atoms with Crippen LogP contribution in [0.4, 0.5) is 10.8 Å². The van der Waals surface area contributed by atoms with Gasteiger partial charge in [0, 0.05) is 18.7 Å². The molecule has 2 heterocycles. The molecule has 0 radical (unpaired) electrons. The fraction of sp³-hybridized carbons (Fsp3) is 0.273. The molecule has 1 N–H and O–H groups in total. The number of hydrogen-bond donors (Lipinski definition) is 1. The summed E-state index contributed by atoms with van der Waals surface area (Å²) in [6.45, 7) is 2.42. The number of nitrogens with one attached hydrogen (secondary N) is 1. The van der Waals surface area contributed by atoms with Crippen molar-refractivity contribution in [2.45, 2.75) is 30.3 Å². The van der Waals surface area contributed by atoms with E-state index in [4.69, 9.17) is 4.74 Å². The Balaban J connectivity index is 1.41. The van der Waals surface area contributed by atoms with Crippen LogP contribution in [-0.2, 0) is 27.3 Å². The maximum absolute atomic E-state index is 13.0. The summed E-state index contributed by atoms with van der Waals surface area (Å²) in [5, 5.41) is 12.2. The number of carbonyl (C=O) groups excluding carboxylic acids is 2. The first-order valence-electron chi connectivity index (χ1n) is 9.77. The van der Waals surface area contributed by atoms with Crippen LogP contribution in [-0.4, -0.2) is 45.9 Å². The summed E-state index contributed by atoms with van der Waals surface area (Å²) < 4.78 is 5.64. The Morgan fingerprint density at radius 2 is 2.00 bits per heavy atom. The van der Waals surface area contributed by atoms with Gasteiger partial charge in [0.25, 0.3) is 0 Å². The Kier molecular flexibility index (Phi) is 6.53. The molecule has 9 heteroatoms. The monoisotopic (exact) mass is 454 g/mol. The molecule has 0 aliphatic carbocycles. The van der Waals surface area contributed by atoms with E-state index in [2.05, 4.69) is 15.5 Å². The summed E-state index contributed by atoms with van der Waals surface area (Å²) in [4.78, 5) is 26.9. The van der Waals surface area contributed by atoms with Crippen molar-refractivity contribution in [3.8, 4) is 0 Å². The third-order valence-corrected chi connectivity index (χ3v) is 6.99. The topological polar surface area (TPSA) is 84.4 Å². The van der Waals surface area contributed by atoms with Crippen molar-refractivity contribution in [2.75, 3.05) is 18.2 Å². The first-order valence-corrected chi connectivity index (χ1v) is 11.6. The van der Waals surface area contributed by atoms with Crippen molar-refractivity contribution in [3.63, 3.8) is 0 Å². The van der Waals surface area contributed by atoms with Gasteiger partial charge in [0.15, 0.2) is 4.34 Å². The molecule has 1 aromatic heterocycles. The summed E-state index contributed by atoms with van der Waals surface area (Å²) in [5.74, 6) is -0.346. The Morgan fingerprint density at radius 3 is 2.77 bits per heavy atom. The van der Waals surface area contributed by atoms with Gasteiger partial charge in [0.05, 0.1) is 12.9 Å². The summed E-state index contributed by atoms with van der Waals surface area (Å²) in [6.07, 6.45) is 0.461. The molecule has 3 aromatic rings. The molecule has 1 atom stereocenters. The molecule has 0 bridgehead atoms. The van der Waals surface area contributed by atoms with Crippen LogP contribution in [0, 0.1) is 6.92 Å². The van der Waals surface area contributed by atoms with E-state index in [-0.39, 0.29) is 11.7 Å². The van der Waals surface area contributed by atoms with Crippen molar-refractivity contribution in [1.29, 1.82) is 0 Å². The molecular weight excluding hydrogens is 432 g/mol. The average Bonchev–Trinajstić information content (AvgIpc) is 3.23. The Morgan fingerprint density at radius 1 is 1.19 bits per heavy atom. The molecule has 4 rings (SSSR count). The number of fused-ring (bicyclic) bond motifs is 1. The molecule has 2 aromatic carbocycles. The number of thioether (sulfide) groups is 1. The molecule has 7 nitrogen and oxygen atoms in total. The predicted molar refractivity (Wildman–Crippen MR) is 122 cm³/mol. The number of aromatic nitrogens is 2. The van der Waals surface area contributed by atoms with Crippen molar-refractivity contribution >= 4 is 45.8 Å². The number of ether oxygens (including phenoxy) is 1. The van der Waals surface area contributed by atoms with E-state index in [0.717, 1.165) is 22.4 Å². The summed E-state index contributed by atoms with van der Waals surface area (Å²) >= 11 is 2.71. The smallest absolute Gasteiger partial charge is 0.328 e. The van der Waals surface area contributed by atoms with Crippen molar-refractivity contribution in [2.24, 2.45) is 0 Å². The van der Waals surface area contributed by atoms with E-state index in [1.807, 2.05) is 55.5 Å². The number of amides is 1. The van der Waals surface area contributed by atoms with Crippen LogP contribution in [0.1, 0.15) is 16.7 Å². The Labute approximate surface area is 188 Å². The van der Waals surface area contributed by atoms with Gasteiger partial charge in [0.2, 0.25) is 11.0 Å². The van der Waals surface area contributed by atoms with Gasteiger partial charge in [-0.2, -0.15) is 0 Å². The third kappa shape index (κ3) is 5.05. The van der Waals surface area contributed by atoms with Crippen LogP contribution in [0.3, 0.4) is 0 Å². The number of nitrogens with zero attached hydrogens (tertiary/aromatic N) is 3. The number of methoxy groups -OCH3 is 1. The minimum atomic E-state index is -0.610. The first kappa shape index (κ1) is 21.3. The minimum absolute atomic E-state index is 0.127. The Bertz CT molecular complexity index is 1100.